The van der Waals surface area contributed by atoms with Gasteiger partial charge in [-0.1, -0.05) is 0 Å². The highest BCUT2D eigenvalue weighted by Crippen LogP contribution is 2.14. The van der Waals surface area contributed by atoms with Crippen LogP contribution in [-0.2, 0) is 10.0 Å². The van der Waals surface area contributed by atoms with Crippen molar-refractivity contribution in [1.29, 1.82) is 0 Å². The van der Waals surface area contributed by atoms with Crippen LogP contribution in [-0.4, -0.2) is 38.4 Å². The number of rotatable bonds is 4. The molecule has 0 unspecified atom stereocenters. The molecule has 0 spiro atoms. The van der Waals surface area contributed by atoms with Crippen molar-refractivity contribution in [3.8, 4) is 5.88 Å². The minimum atomic E-state index is -3.39. The van der Waals surface area contributed by atoms with Gasteiger partial charge in [0.05, 0.1) is 12.8 Å². The maximum absolute atomic E-state index is 11.6. The van der Waals surface area contributed by atoms with Gasteiger partial charge in [-0.25, -0.2) is 17.7 Å². The van der Waals surface area contributed by atoms with Crippen LogP contribution in [0.1, 0.15) is 6.92 Å². The summed E-state index contributed by atoms with van der Waals surface area (Å²) in [5.41, 5.74) is 0. The van der Waals surface area contributed by atoms with Crippen molar-refractivity contribution in [2.75, 3.05) is 20.7 Å². The van der Waals surface area contributed by atoms with Gasteiger partial charge in [-0.05, 0) is 13.0 Å². The molecule has 0 atom stereocenters. The highest BCUT2D eigenvalue weighted by atomic mass is 32.2. The van der Waals surface area contributed by atoms with Crippen LogP contribution in [0, 0.1) is 0 Å². The van der Waals surface area contributed by atoms with Gasteiger partial charge in [-0.2, -0.15) is 0 Å². The van der Waals surface area contributed by atoms with Crippen molar-refractivity contribution in [2.24, 2.45) is 0 Å². The first-order chi connectivity index (χ1) is 6.98. The molecule has 0 radical (unpaired) electrons. The Bertz CT molecular complexity index is 411. The minimum absolute atomic E-state index is 0.163. The van der Waals surface area contributed by atoms with Crippen LogP contribution >= 0.6 is 0 Å². The zero-order chi connectivity index (χ0) is 11.5. The Morgan fingerprint density at radius 2 is 2.07 bits per heavy atom. The van der Waals surface area contributed by atoms with E-state index in [0.29, 0.717) is 12.5 Å². The van der Waals surface area contributed by atoms with E-state index in [4.69, 9.17) is 4.74 Å². The summed E-state index contributed by atoms with van der Waals surface area (Å²) in [6.45, 7) is 2.35. The minimum Gasteiger partial charge on any atom is -0.478 e. The van der Waals surface area contributed by atoms with E-state index in [-0.39, 0.29) is 4.90 Å². The van der Waals surface area contributed by atoms with Crippen molar-refractivity contribution >= 4 is 10.0 Å². The maximum atomic E-state index is 11.6. The Hall–Kier alpha value is -1.14. The molecule has 5 nitrogen and oxygen atoms in total. The van der Waals surface area contributed by atoms with E-state index < -0.39 is 10.0 Å². The summed E-state index contributed by atoms with van der Waals surface area (Å²) in [6, 6.07) is 3.02. The molecule has 0 aliphatic carbocycles. The number of ether oxygens (including phenoxy) is 1. The van der Waals surface area contributed by atoms with Gasteiger partial charge in [0.1, 0.15) is 4.90 Å². The third-order valence-corrected chi connectivity index (χ3v) is 3.58. The predicted octanol–water partition coefficient (Wildman–Crippen LogP) is 0.731. The van der Waals surface area contributed by atoms with E-state index in [9.17, 15) is 8.42 Å². The van der Waals surface area contributed by atoms with Gasteiger partial charge in [-0.3, -0.25) is 0 Å². The van der Waals surface area contributed by atoms with Crippen molar-refractivity contribution in [2.45, 2.75) is 11.8 Å². The van der Waals surface area contributed by atoms with Gasteiger partial charge in [0, 0.05) is 20.2 Å². The molecule has 0 saturated heterocycles. The fraction of sp³-hybridized carbons (Fsp3) is 0.444. The quantitative estimate of drug-likeness (QED) is 0.765. The lowest BCUT2D eigenvalue weighted by molar-refractivity contribution is 0.326. The Balaban J connectivity index is 2.99. The molecule has 0 amide bonds. The first kappa shape index (κ1) is 11.9. The van der Waals surface area contributed by atoms with E-state index in [0.717, 1.165) is 4.31 Å². The molecule has 0 bridgehead atoms. The van der Waals surface area contributed by atoms with Crippen LogP contribution in [0.2, 0.25) is 0 Å². The molecule has 0 aromatic carbocycles. The van der Waals surface area contributed by atoms with E-state index >= 15 is 0 Å². The summed E-state index contributed by atoms with van der Waals surface area (Å²) in [7, 11) is -0.437. The lowest BCUT2D eigenvalue weighted by Crippen LogP contribution is -2.22. The third kappa shape index (κ3) is 2.66. The highest BCUT2D eigenvalue weighted by Gasteiger charge is 2.17. The lowest BCUT2D eigenvalue weighted by Gasteiger charge is -2.10. The standard InChI is InChI=1S/C9H14N2O3S/c1-4-14-9-6-5-8(7-10-9)15(12,13)11(2)3/h5-7H,4H2,1-3H3. The Kier molecular flexibility index (Phi) is 3.65. The summed E-state index contributed by atoms with van der Waals surface area (Å²) in [6.07, 6.45) is 1.29. The molecule has 15 heavy (non-hydrogen) atoms. The molecule has 0 saturated carbocycles. The second kappa shape index (κ2) is 4.59. The first-order valence-electron chi connectivity index (χ1n) is 4.50. The number of nitrogens with zero attached hydrogens (tertiary/aromatic N) is 2. The summed E-state index contributed by atoms with van der Waals surface area (Å²) >= 11 is 0. The number of aromatic nitrogens is 1. The molecule has 1 aromatic rings. The topological polar surface area (TPSA) is 59.5 Å². The van der Waals surface area contributed by atoms with Crippen molar-refractivity contribution in [3.63, 3.8) is 0 Å². The molecular weight excluding hydrogens is 216 g/mol. The summed E-state index contributed by atoms with van der Waals surface area (Å²) in [5, 5.41) is 0. The second-order valence-electron chi connectivity index (χ2n) is 3.05. The fourth-order valence-corrected chi connectivity index (χ4v) is 1.81. The number of pyridine rings is 1. The number of hydrogen-bond acceptors (Lipinski definition) is 4. The van der Waals surface area contributed by atoms with Gasteiger partial charge in [0.15, 0.2) is 0 Å². The largest absolute Gasteiger partial charge is 0.478 e. The summed E-state index contributed by atoms with van der Waals surface area (Å²) < 4.78 is 29.6. The average molecular weight is 230 g/mol. The zero-order valence-corrected chi connectivity index (χ0v) is 9.78. The molecule has 1 aromatic heterocycles. The molecule has 1 heterocycles. The van der Waals surface area contributed by atoms with Gasteiger partial charge in [0.25, 0.3) is 0 Å². The van der Waals surface area contributed by atoms with Crippen LogP contribution in [0.15, 0.2) is 23.2 Å². The average Bonchev–Trinajstić information content (AvgIpc) is 2.19. The summed E-state index contributed by atoms with van der Waals surface area (Å²) in [4.78, 5) is 4.05. The van der Waals surface area contributed by atoms with E-state index in [1.165, 1.54) is 26.4 Å². The Labute approximate surface area is 89.7 Å². The van der Waals surface area contributed by atoms with Crippen LogP contribution in [0.3, 0.4) is 0 Å². The normalized spacial score (nSPS) is 11.7. The molecule has 1 rings (SSSR count). The van der Waals surface area contributed by atoms with Gasteiger partial charge >= 0.3 is 0 Å². The van der Waals surface area contributed by atoms with E-state index in [1.807, 2.05) is 6.92 Å². The van der Waals surface area contributed by atoms with E-state index in [2.05, 4.69) is 4.98 Å². The monoisotopic (exact) mass is 230 g/mol. The number of sulfonamides is 1. The third-order valence-electron chi connectivity index (χ3n) is 1.78. The lowest BCUT2D eigenvalue weighted by atomic mass is 10.5. The fourth-order valence-electron chi connectivity index (χ4n) is 0.963. The van der Waals surface area contributed by atoms with Gasteiger partial charge in [-0.15, -0.1) is 0 Å². The SMILES string of the molecule is CCOc1ccc(S(=O)(=O)N(C)C)cn1. The second-order valence-corrected chi connectivity index (χ2v) is 5.20. The number of hydrogen-bond donors (Lipinski definition) is 0. The van der Waals surface area contributed by atoms with Crippen LogP contribution in [0.25, 0.3) is 0 Å². The van der Waals surface area contributed by atoms with Gasteiger partial charge in [0.2, 0.25) is 15.9 Å². The molecule has 0 aliphatic rings. The highest BCUT2D eigenvalue weighted by molar-refractivity contribution is 7.89. The van der Waals surface area contributed by atoms with Crippen LogP contribution in [0.4, 0.5) is 0 Å². The van der Waals surface area contributed by atoms with Gasteiger partial charge < -0.3 is 4.74 Å². The molecule has 6 heteroatoms. The first-order valence-corrected chi connectivity index (χ1v) is 5.94. The zero-order valence-electron chi connectivity index (χ0n) is 8.97. The predicted molar refractivity (Wildman–Crippen MR) is 56.3 cm³/mol. The molecule has 0 N–H and O–H groups in total. The van der Waals surface area contributed by atoms with Crippen LogP contribution < -0.4 is 4.74 Å². The molecular formula is C9H14N2O3S. The summed E-state index contributed by atoms with van der Waals surface area (Å²) in [5.74, 6) is 0.426. The Morgan fingerprint density at radius 1 is 1.40 bits per heavy atom. The van der Waals surface area contributed by atoms with Crippen molar-refractivity contribution in [3.05, 3.63) is 18.3 Å². The molecule has 84 valence electrons. The van der Waals surface area contributed by atoms with Crippen molar-refractivity contribution in [1.82, 2.24) is 9.29 Å². The molecule has 0 fully saturated rings. The van der Waals surface area contributed by atoms with Crippen molar-refractivity contribution < 1.29 is 13.2 Å². The molecule has 0 aliphatic heterocycles. The Morgan fingerprint density at radius 3 is 2.47 bits per heavy atom. The maximum Gasteiger partial charge on any atom is 0.244 e. The van der Waals surface area contributed by atoms with E-state index in [1.54, 1.807) is 6.07 Å². The smallest absolute Gasteiger partial charge is 0.244 e. The van der Waals surface area contributed by atoms with Crippen LogP contribution in [0.5, 0.6) is 5.88 Å².